The lowest BCUT2D eigenvalue weighted by atomic mass is 10.2. The summed E-state index contributed by atoms with van der Waals surface area (Å²) in [6.07, 6.45) is 0.960. The van der Waals surface area contributed by atoms with Gasteiger partial charge in [-0.25, -0.2) is 4.79 Å². The number of aromatic carboxylic acids is 1. The van der Waals surface area contributed by atoms with E-state index in [0.717, 1.165) is 23.7 Å². The van der Waals surface area contributed by atoms with Crippen molar-refractivity contribution in [2.45, 2.75) is 11.3 Å². The van der Waals surface area contributed by atoms with Crippen LogP contribution in [0.3, 0.4) is 0 Å². The third-order valence-electron chi connectivity index (χ3n) is 2.01. The van der Waals surface area contributed by atoms with Crippen molar-refractivity contribution >= 4 is 23.4 Å². The number of carboxylic acids is 1. The lowest BCUT2D eigenvalue weighted by Gasteiger charge is -2.05. The van der Waals surface area contributed by atoms with Crippen LogP contribution >= 0.6 is 11.8 Å². The van der Waals surface area contributed by atoms with Crippen LogP contribution in [0.5, 0.6) is 0 Å². The summed E-state index contributed by atoms with van der Waals surface area (Å²) in [7, 11) is 1.67. The van der Waals surface area contributed by atoms with Gasteiger partial charge in [-0.2, -0.15) is 0 Å². The number of benzene rings is 1. The molecule has 16 heavy (non-hydrogen) atoms. The second-order valence-electron chi connectivity index (χ2n) is 3.25. The molecule has 0 bridgehead atoms. The van der Waals surface area contributed by atoms with Gasteiger partial charge in [-0.3, -0.25) is 0 Å². The number of hydrogen-bond acceptors (Lipinski definition) is 4. The summed E-state index contributed by atoms with van der Waals surface area (Å²) < 4.78 is 4.94. The third kappa shape index (κ3) is 3.75. The van der Waals surface area contributed by atoms with E-state index in [4.69, 9.17) is 15.6 Å². The molecule has 0 aliphatic rings. The molecule has 0 saturated carbocycles. The number of nitrogen functional groups attached to an aromatic ring is 1. The summed E-state index contributed by atoms with van der Waals surface area (Å²) in [6, 6.07) is 5.01. The molecule has 0 aromatic heterocycles. The van der Waals surface area contributed by atoms with E-state index in [1.807, 2.05) is 0 Å². The molecule has 4 nitrogen and oxygen atoms in total. The number of rotatable bonds is 6. The highest BCUT2D eigenvalue weighted by Gasteiger charge is 2.07. The molecule has 88 valence electrons. The van der Waals surface area contributed by atoms with Crippen molar-refractivity contribution in [1.29, 1.82) is 0 Å². The van der Waals surface area contributed by atoms with Crippen LogP contribution in [-0.4, -0.2) is 30.5 Å². The van der Waals surface area contributed by atoms with Crippen LogP contribution in [0.2, 0.25) is 0 Å². The number of hydrogen-bond donors (Lipinski definition) is 2. The summed E-state index contributed by atoms with van der Waals surface area (Å²) in [5, 5.41) is 8.80. The van der Waals surface area contributed by atoms with Gasteiger partial charge in [0.05, 0.1) is 5.56 Å². The molecule has 5 heteroatoms. The molecule has 1 rings (SSSR count). The number of ether oxygens (including phenoxy) is 1. The number of thioether (sulfide) groups is 1. The molecule has 3 N–H and O–H groups in total. The summed E-state index contributed by atoms with van der Waals surface area (Å²) in [6.45, 7) is 0.732. The molecule has 0 radical (unpaired) electrons. The second kappa shape index (κ2) is 6.40. The van der Waals surface area contributed by atoms with E-state index in [9.17, 15) is 4.79 Å². The standard InChI is InChI=1S/C11H15NO3S/c1-15-5-2-6-16-8-3-4-9(11(13)14)10(12)7-8/h3-4,7H,2,5-6,12H2,1H3,(H,13,14). The minimum atomic E-state index is -0.992. The Morgan fingerprint density at radius 2 is 2.31 bits per heavy atom. The molecule has 1 aromatic rings. The van der Waals surface area contributed by atoms with Crippen LogP contribution in [0.25, 0.3) is 0 Å². The Balaban J connectivity index is 2.56. The Bertz CT molecular complexity index is 368. The largest absolute Gasteiger partial charge is 0.478 e. The van der Waals surface area contributed by atoms with Crippen molar-refractivity contribution in [1.82, 2.24) is 0 Å². The fourth-order valence-corrected chi connectivity index (χ4v) is 2.09. The molecule has 0 aliphatic heterocycles. The maximum absolute atomic E-state index is 10.7. The Kier molecular flexibility index (Phi) is 5.14. The zero-order valence-electron chi connectivity index (χ0n) is 9.10. The number of methoxy groups -OCH3 is 1. The molecule has 0 saturated heterocycles. The molecule has 0 spiro atoms. The smallest absolute Gasteiger partial charge is 0.337 e. The molecule has 0 aliphatic carbocycles. The molecular formula is C11H15NO3S. The predicted molar refractivity (Wildman–Crippen MR) is 65.0 cm³/mol. The van der Waals surface area contributed by atoms with Gasteiger partial charge in [-0.1, -0.05) is 0 Å². The van der Waals surface area contributed by atoms with Crippen molar-refractivity contribution in [3.8, 4) is 0 Å². The molecule has 0 unspecified atom stereocenters. The minimum Gasteiger partial charge on any atom is -0.478 e. The highest BCUT2D eigenvalue weighted by molar-refractivity contribution is 7.99. The van der Waals surface area contributed by atoms with Gasteiger partial charge in [-0.15, -0.1) is 11.8 Å². The van der Waals surface area contributed by atoms with E-state index >= 15 is 0 Å². The lowest BCUT2D eigenvalue weighted by Crippen LogP contribution is -2.02. The van der Waals surface area contributed by atoms with Gasteiger partial charge in [0.15, 0.2) is 0 Å². The summed E-state index contributed by atoms with van der Waals surface area (Å²) in [5.74, 6) is -0.0619. The zero-order chi connectivity index (χ0) is 12.0. The average molecular weight is 241 g/mol. The first kappa shape index (κ1) is 12.9. The average Bonchev–Trinajstić information content (AvgIpc) is 2.24. The summed E-state index contributed by atoms with van der Waals surface area (Å²) >= 11 is 1.64. The first-order chi connectivity index (χ1) is 7.65. The van der Waals surface area contributed by atoms with Crippen LogP contribution in [0, 0.1) is 0 Å². The van der Waals surface area contributed by atoms with Crippen molar-refractivity contribution < 1.29 is 14.6 Å². The highest BCUT2D eigenvalue weighted by Crippen LogP contribution is 2.23. The molecule has 0 atom stereocenters. The van der Waals surface area contributed by atoms with E-state index in [0.29, 0.717) is 5.69 Å². The molecular weight excluding hydrogens is 226 g/mol. The number of nitrogens with two attached hydrogens (primary N) is 1. The topological polar surface area (TPSA) is 72.5 Å². The van der Waals surface area contributed by atoms with Crippen molar-refractivity contribution in [3.63, 3.8) is 0 Å². The SMILES string of the molecule is COCCCSc1ccc(C(=O)O)c(N)c1. The van der Waals surface area contributed by atoms with Crippen LogP contribution in [0.15, 0.2) is 23.1 Å². The van der Waals surface area contributed by atoms with Gasteiger partial charge < -0.3 is 15.6 Å². The first-order valence-corrected chi connectivity index (χ1v) is 5.88. The van der Waals surface area contributed by atoms with Crippen molar-refractivity contribution in [2.24, 2.45) is 0 Å². The Labute approximate surface area is 98.8 Å². The predicted octanol–water partition coefficient (Wildman–Crippen LogP) is 2.10. The number of carbonyl (C=O) groups is 1. The van der Waals surface area contributed by atoms with Crippen LogP contribution < -0.4 is 5.73 Å². The minimum absolute atomic E-state index is 0.154. The normalized spacial score (nSPS) is 10.3. The zero-order valence-corrected chi connectivity index (χ0v) is 9.92. The van der Waals surface area contributed by atoms with Gasteiger partial charge in [0, 0.05) is 30.1 Å². The molecule has 0 amide bonds. The van der Waals surface area contributed by atoms with Gasteiger partial charge >= 0.3 is 5.97 Å². The van der Waals surface area contributed by atoms with Gasteiger partial charge in [-0.05, 0) is 24.6 Å². The lowest BCUT2D eigenvalue weighted by molar-refractivity contribution is 0.0698. The summed E-state index contributed by atoms with van der Waals surface area (Å²) in [5.41, 5.74) is 6.10. The monoisotopic (exact) mass is 241 g/mol. The maximum Gasteiger partial charge on any atom is 0.337 e. The fraction of sp³-hybridized carbons (Fsp3) is 0.364. The van der Waals surface area contributed by atoms with E-state index in [2.05, 4.69) is 0 Å². The first-order valence-electron chi connectivity index (χ1n) is 4.89. The van der Waals surface area contributed by atoms with E-state index in [-0.39, 0.29) is 5.56 Å². The molecule has 0 heterocycles. The maximum atomic E-state index is 10.7. The fourth-order valence-electron chi connectivity index (χ4n) is 1.22. The Morgan fingerprint density at radius 3 is 2.88 bits per heavy atom. The number of carboxylic acid groups (broad SMARTS) is 1. The molecule has 0 fully saturated rings. The highest BCUT2D eigenvalue weighted by atomic mass is 32.2. The van der Waals surface area contributed by atoms with E-state index in [1.165, 1.54) is 6.07 Å². The van der Waals surface area contributed by atoms with E-state index in [1.54, 1.807) is 31.0 Å². The Morgan fingerprint density at radius 1 is 1.56 bits per heavy atom. The van der Waals surface area contributed by atoms with Crippen LogP contribution in [-0.2, 0) is 4.74 Å². The Hall–Kier alpha value is -1.20. The number of anilines is 1. The van der Waals surface area contributed by atoms with Gasteiger partial charge in [0.2, 0.25) is 0 Å². The van der Waals surface area contributed by atoms with Crippen molar-refractivity contribution in [2.75, 3.05) is 25.2 Å². The van der Waals surface area contributed by atoms with Crippen LogP contribution in [0.4, 0.5) is 5.69 Å². The third-order valence-corrected chi connectivity index (χ3v) is 3.10. The van der Waals surface area contributed by atoms with Gasteiger partial charge in [0.25, 0.3) is 0 Å². The van der Waals surface area contributed by atoms with E-state index < -0.39 is 5.97 Å². The van der Waals surface area contributed by atoms with Crippen LogP contribution in [0.1, 0.15) is 16.8 Å². The quantitative estimate of drug-likeness (QED) is 0.453. The van der Waals surface area contributed by atoms with Crippen molar-refractivity contribution in [3.05, 3.63) is 23.8 Å². The molecule has 1 aromatic carbocycles. The summed E-state index contributed by atoms with van der Waals surface area (Å²) in [4.78, 5) is 11.7. The second-order valence-corrected chi connectivity index (χ2v) is 4.42. The van der Waals surface area contributed by atoms with Gasteiger partial charge in [0.1, 0.15) is 0 Å².